The Morgan fingerprint density at radius 2 is 2.26 bits per heavy atom. The third kappa shape index (κ3) is 3.62. The van der Waals surface area contributed by atoms with Gasteiger partial charge in [-0.2, -0.15) is 0 Å². The van der Waals surface area contributed by atoms with Crippen LogP contribution in [0.2, 0.25) is 0 Å². The first kappa shape index (κ1) is 14.2. The highest BCUT2D eigenvalue weighted by Crippen LogP contribution is 2.19. The van der Waals surface area contributed by atoms with Crippen molar-refractivity contribution in [2.45, 2.75) is 19.1 Å². The number of hydrogen-bond acceptors (Lipinski definition) is 5. The van der Waals surface area contributed by atoms with Gasteiger partial charge in [0.15, 0.2) is 0 Å². The van der Waals surface area contributed by atoms with Crippen molar-refractivity contribution in [1.29, 1.82) is 0 Å². The number of ether oxygens (including phenoxy) is 1. The number of aromatic nitrogens is 2. The van der Waals surface area contributed by atoms with E-state index in [0.29, 0.717) is 12.3 Å². The third-order valence-corrected chi connectivity index (χ3v) is 3.49. The standard InChI is InChI=1S/C13H22N4O2/c1-16-5-4-6-17(2)11(8-16)13-14-10(9-19-3)7-12(18)15-13/h7,11H,4-6,8-9H2,1-3H3,(H,14,15,18). The predicted octanol–water partition coefficient (Wildman–Crippen LogP) is 0.225. The van der Waals surface area contributed by atoms with Gasteiger partial charge in [0.25, 0.3) is 5.56 Å². The Labute approximate surface area is 113 Å². The molecule has 0 aliphatic carbocycles. The highest BCUT2D eigenvalue weighted by atomic mass is 16.5. The Kier molecular flexibility index (Phi) is 4.68. The lowest BCUT2D eigenvalue weighted by atomic mass is 10.2. The topological polar surface area (TPSA) is 61.5 Å². The molecule has 2 rings (SSSR count). The summed E-state index contributed by atoms with van der Waals surface area (Å²) in [7, 11) is 5.78. The van der Waals surface area contributed by atoms with Crippen LogP contribution in [-0.2, 0) is 11.3 Å². The van der Waals surface area contributed by atoms with Crippen molar-refractivity contribution in [1.82, 2.24) is 19.8 Å². The molecule has 1 atom stereocenters. The normalized spacial score (nSPS) is 22.4. The van der Waals surface area contributed by atoms with Crippen LogP contribution < -0.4 is 5.56 Å². The van der Waals surface area contributed by atoms with Crippen LogP contribution in [0.1, 0.15) is 24.0 Å². The van der Waals surface area contributed by atoms with E-state index in [-0.39, 0.29) is 11.6 Å². The van der Waals surface area contributed by atoms with Gasteiger partial charge in [-0.25, -0.2) is 4.98 Å². The van der Waals surface area contributed by atoms with Crippen LogP contribution in [0, 0.1) is 0 Å². The molecule has 1 unspecified atom stereocenters. The third-order valence-electron chi connectivity index (χ3n) is 3.49. The lowest BCUT2D eigenvalue weighted by Crippen LogP contribution is -2.33. The maximum absolute atomic E-state index is 11.7. The number of methoxy groups -OCH3 is 1. The van der Waals surface area contributed by atoms with Crippen LogP contribution in [-0.4, -0.2) is 60.6 Å². The number of nitrogens with one attached hydrogen (secondary N) is 1. The molecule has 0 saturated carbocycles. The first-order valence-corrected chi connectivity index (χ1v) is 6.58. The van der Waals surface area contributed by atoms with Gasteiger partial charge in [0.1, 0.15) is 5.82 Å². The number of nitrogens with zero attached hydrogens (tertiary/aromatic N) is 3. The molecule has 1 aliphatic rings. The van der Waals surface area contributed by atoms with E-state index in [2.05, 4.69) is 33.9 Å². The number of H-pyrrole nitrogens is 1. The first-order valence-electron chi connectivity index (χ1n) is 6.58. The summed E-state index contributed by atoms with van der Waals surface area (Å²) in [6.07, 6.45) is 1.13. The zero-order valence-corrected chi connectivity index (χ0v) is 11.8. The summed E-state index contributed by atoms with van der Waals surface area (Å²) >= 11 is 0. The van der Waals surface area contributed by atoms with Crippen molar-refractivity contribution < 1.29 is 4.74 Å². The average molecular weight is 266 g/mol. The molecule has 0 amide bonds. The zero-order valence-electron chi connectivity index (χ0n) is 11.8. The number of hydrogen-bond donors (Lipinski definition) is 1. The van der Waals surface area contributed by atoms with E-state index in [1.54, 1.807) is 7.11 Å². The largest absolute Gasteiger partial charge is 0.378 e. The quantitative estimate of drug-likeness (QED) is 0.848. The molecule has 19 heavy (non-hydrogen) atoms. The van der Waals surface area contributed by atoms with Gasteiger partial charge in [0.05, 0.1) is 18.3 Å². The van der Waals surface area contributed by atoms with Crippen molar-refractivity contribution in [3.05, 3.63) is 27.9 Å². The molecule has 0 aromatic carbocycles. The highest BCUT2D eigenvalue weighted by molar-refractivity contribution is 5.06. The Morgan fingerprint density at radius 1 is 1.47 bits per heavy atom. The minimum absolute atomic E-state index is 0.114. The van der Waals surface area contributed by atoms with Gasteiger partial charge in [-0.1, -0.05) is 0 Å². The second kappa shape index (κ2) is 6.27. The van der Waals surface area contributed by atoms with Crippen molar-refractivity contribution in [2.24, 2.45) is 0 Å². The lowest BCUT2D eigenvalue weighted by Gasteiger charge is -2.26. The Hall–Kier alpha value is -1.24. The fourth-order valence-corrected chi connectivity index (χ4v) is 2.48. The molecule has 6 nitrogen and oxygen atoms in total. The summed E-state index contributed by atoms with van der Waals surface area (Å²) in [5, 5.41) is 0. The number of likely N-dealkylation sites (N-methyl/N-ethyl adjacent to an activating group) is 2. The molecule has 1 N–H and O–H groups in total. The van der Waals surface area contributed by atoms with E-state index >= 15 is 0 Å². The van der Waals surface area contributed by atoms with E-state index in [4.69, 9.17) is 4.74 Å². The molecular formula is C13H22N4O2. The van der Waals surface area contributed by atoms with Crippen LogP contribution in [0.3, 0.4) is 0 Å². The van der Waals surface area contributed by atoms with Crippen LogP contribution in [0.5, 0.6) is 0 Å². The smallest absolute Gasteiger partial charge is 0.251 e. The number of rotatable bonds is 3. The summed E-state index contributed by atoms with van der Waals surface area (Å²) in [6, 6.07) is 1.62. The summed E-state index contributed by atoms with van der Waals surface area (Å²) < 4.78 is 5.06. The minimum atomic E-state index is -0.114. The van der Waals surface area contributed by atoms with E-state index in [0.717, 1.165) is 31.9 Å². The van der Waals surface area contributed by atoms with Crippen molar-refractivity contribution in [3.63, 3.8) is 0 Å². The molecule has 0 radical (unpaired) electrons. The molecule has 1 aromatic rings. The van der Waals surface area contributed by atoms with E-state index in [9.17, 15) is 4.79 Å². The molecule has 1 aliphatic heterocycles. The van der Waals surface area contributed by atoms with Crippen LogP contribution in [0.15, 0.2) is 10.9 Å². The Bertz CT molecular complexity index is 474. The van der Waals surface area contributed by atoms with Crippen molar-refractivity contribution in [3.8, 4) is 0 Å². The van der Waals surface area contributed by atoms with E-state index in [1.165, 1.54) is 6.07 Å². The maximum atomic E-state index is 11.7. The summed E-state index contributed by atoms with van der Waals surface area (Å²) in [5.74, 6) is 0.732. The summed E-state index contributed by atoms with van der Waals surface area (Å²) in [4.78, 5) is 23.6. The van der Waals surface area contributed by atoms with Crippen LogP contribution in [0.25, 0.3) is 0 Å². The van der Waals surface area contributed by atoms with Gasteiger partial charge >= 0.3 is 0 Å². The molecule has 0 bridgehead atoms. The molecule has 6 heteroatoms. The molecule has 1 saturated heterocycles. The van der Waals surface area contributed by atoms with Gasteiger partial charge in [-0.3, -0.25) is 9.69 Å². The molecule has 1 aromatic heterocycles. The van der Waals surface area contributed by atoms with Crippen molar-refractivity contribution in [2.75, 3.05) is 40.8 Å². The van der Waals surface area contributed by atoms with Crippen LogP contribution in [0.4, 0.5) is 0 Å². The number of aromatic amines is 1. The lowest BCUT2D eigenvalue weighted by molar-refractivity contribution is 0.179. The fourth-order valence-electron chi connectivity index (χ4n) is 2.48. The molecule has 0 spiro atoms. The van der Waals surface area contributed by atoms with Crippen LogP contribution >= 0.6 is 0 Å². The summed E-state index contributed by atoms with van der Waals surface area (Å²) in [5.41, 5.74) is 0.568. The zero-order chi connectivity index (χ0) is 13.8. The van der Waals surface area contributed by atoms with Crippen molar-refractivity contribution >= 4 is 0 Å². The SMILES string of the molecule is COCc1cc(=O)[nH]c(C2CN(C)CCCN2C)n1. The fraction of sp³-hybridized carbons (Fsp3) is 0.692. The maximum Gasteiger partial charge on any atom is 0.251 e. The molecule has 106 valence electrons. The van der Waals surface area contributed by atoms with Gasteiger partial charge in [0.2, 0.25) is 0 Å². The minimum Gasteiger partial charge on any atom is -0.378 e. The first-order chi connectivity index (χ1) is 9.10. The van der Waals surface area contributed by atoms with Gasteiger partial charge < -0.3 is 14.6 Å². The van der Waals surface area contributed by atoms with E-state index in [1.807, 2.05) is 0 Å². The Balaban J connectivity index is 2.30. The van der Waals surface area contributed by atoms with E-state index < -0.39 is 0 Å². The van der Waals surface area contributed by atoms with Gasteiger partial charge in [-0.05, 0) is 33.6 Å². The Morgan fingerprint density at radius 3 is 3.00 bits per heavy atom. The predicted molar refractivity (Wildman–Crippen MR) is 73.1 cm³/mol. The van der Waals surface area contributed by atoms with Gasteiger partial charge in [-0.15, -0.1) is 0 Å². The molecule has 2 heterocycles. The van der Waals surface area contributed by atoms with Gasteiger partial charge in [0, 0.05) is 19.7 Å². The highest BCUT2D eigenvalue weighted by Gasteiger charge is 2.24. The summed E-state index contributed by atoms with van der Waals surface area (Å²) in [6.45, 7) is 3.31. The second-order valence-electron chi connectivity index (χ2n) is 5.17. The molecule has 1 fully saturated rings. The molecular weight excluding hydrogens is 244 g/mol. The average Bonchev–Trinajstić information content (AvgIpc) is 2.51. The monoisotopic (exact) mass is 266 g/mol. The second-order valence-corrected chi connectivity index (χ2v) is 5.17.